The number of rotatable bonds is 0. The molecule has 0 spiro atoms. The van der Waals surface area contributed by atoms with Crippen LogP contribution in [0.25, 0.3) is 5.57 Å². The summed E-state index contributed by atoms with van der Waals surface area (Å²) >= 11 is 1.59. The van der Waals surface area contributed by atoms with Gasteiger partial charge >= 0.3 is 0 Å². The van der Waals surface area contributed by atoms with Gasteiger partial charge in [-0.2, -0.15) is 0 Å². The molecule has 1 aliphatic heterocycles. The van der Waals surface area contributed by atoms with Crippen molar-refractivity contribution in [1.29, 1.82) is 0 Å². The smallest absolute Gasteiger partial charge is 0.300 e. The van der Waals surface area contributed by atoms with E-state index in [2.05, 4.69) is 41.6 Å². The highest BCUT2D eigenvalue weighted by Crippen LogP contribution is 2.40. The molecule has 0 radical (unpaired) electrons. The maximum Gasteiger partial charge on any atom is 0.300 e. The number of fused-ring (bicyclic) bond motifs is 2. The summed E-state index contributed by atoms with van der Waals surface area (Å²) in [5.74, 6) is -0.569. The number of carbonyl (C=O) groups is 2. The number of thiophene rings is 1. The highest BCUT2D eigenvalue weighted by atomic mass is 32.1. The number of hydrogen-bond acceptors (Lipinski definition) is 4. The van der Waals surface area contributed by atoms with Crippen LogP contribution in [0, 0.1) is 0 Å². The van der Waals surface area contributed by atoms with Crippen LogP contribution < -0.4 is 0 Å². The molecule has 1 N–H and O–H groups in total. The fourth-order valence-electron chi connectivity index (χ4n) is 3.56. The second-order valence-electron chi connectivity index (χ2n) is 6.72. The Morgan fingerprint density at radius 2 is 1.77 bits per heavy atom. The minimum Gasteiger partial charge on any atom is -0.481 e. The van der Waals surface area contributed by atoms with Gasteiger partial charge in [0, 0.05) is 32.0 Å². The number of carbonyl (C=O) groups excluding carboxylic acids is 1. The maximum absolute atomic E-state index is 12.6. The van der Waals surface area contributed by atoms with Gasteiger partial charge in [-0.15, -0.1) is 11.3 Å². The highest BCUT2D eigenvalue weighted by molar-refractivity contribution is 7.12. The minimum absolute atomic E-state index is 0.265. The van der Waals surface area contributed by atoms with E-state index < -0.39 is 5.97 Å². The van der Waals surface area contributed by atoms with Crippen molar-refractivity contribution in [3.8, 4) is 0 Å². The third-order valence-electron chi connectivity index (χ3n) is 4.77. The van der Waals surface area contributed by atoms with Crippen LogP contribution in [0.2, 0.25) is 0 Å². The Morgan fingerprint density at radius 1 is 1.12 bits per heavy atom. The summed E-state index contributed by atoms with van der Waals surface area (Å²) in [6.07, 6.45) is 2.73. The number of piperidine rings is 1. The van der Waals surface area contributed by atoms with Gasteiger partial charge in [-0.1, -0.05) is 29.8 Å². The topological polar surface area (TPSA) is 57.6 Å². The molecule has 1 saturated heterocycles. The molecule has 136 valence electrons. The number of carboxylic acids is 1. The number of hydrogen-bond donors (Lipinski definition) is 1. The van der Waals surface area contributed by atoms with Gasteiger partial charge < -0.3 is 10.0 Å². The largest absolute Gasteiger partial charge is 0.481 e. The van der Waals surface area contributed by atoms with Crippen molar-refractivity contribution >= 4 is 28.7 Å². The third-order valence-corrected chi connectivity index (χ3v) is 5.73. The van der Waals surface area contributed by atoms with E-state index in [-0.39, 0.29) is 5.78 Å². The van der Waals surface area contributed by atoms with Crippen molar-refractivity contribution < 1.29 is 14.7 Å². The number of Topliss-reactive ketones (excluding diaryl/α,β-unsaturated/α-hetero) is 1. The third kappa shape index (κ3) is 3.94. The van der Waals surface area contributed by atoms with E-state index >= 15 is 0 Å². The molecule has 26 heavy (non-hydrogen) atoms. The summed E-state index contributed by atoms with van der Waals surface area (Å²) in [7, 11) is 2.18. The highest BCUT2D eigenvalue weighted by Gasteiger charge is 2.27. The van der Waals surface area contributed by atoms with Crippen LogP contribution in [0.15, 0.2) is 41.3 Å². The van der Waals surface area contributed by atoms with E-state index in [0.717, 1.165) is 37.7 Å². The first kappa shape index (κ1) is 18.5. The minimum atomic E-state index is -0.833. The van der Waals surface area contributed by atoms with Crippen LogP contribution in [0.4, 0.5) is 0 Å². The zero-order chi connectivity index (χ0) is 18.7. The van der Waals surface area contributed by atoms with Gasteiger partial charge in [0.05, 0.1) is 4.88 Å². The van der Waals surface area contributed by atoms with Crippen LogP contribution in [0.3, 0.4) is 0 Å². The summed E-state index contributed by atoms with van der Waals surface area (Å²) in [6, 6.07) is 10.6. The lowest BCUT2D eigenvalue weighted by molar-refractivity contribution is -0.134. The van der Waals surface area contributed by atoms with Crippen molar-refractivity contribution in [2.24, 2.45) is 0 Å². The van der Waals surface area contributed by atoms with Gasteiger partial charge in [0.1, 0.15) is 0 Å². The molecule has 2 aliphatic rings. The molecule has 1 aromatic carbocycles. The van der Waals surface area contributed by atoms with E-state index in [1.807, 2.05) is 6.07 Å². The predicted octanol–water partition coefficient (Wildman–Crippen LogP) is 4.11. The second-order valence-corrected chi connectivity index (χ2v) is 7.64. The van der Waals surface area contributed by atoms with Crippen LogP contribution >= 0.6 is 11.3 Å². The first-order chi connectivity index (χ1) is 12.5. The zero-order valence-electron chi connectivity index (χ0n) is 15.1. The summed E-state index contributed by atoms with van der Waals surface area (Å²) in [5, 5.41) is 9.48. The maximum atomic E-state index is 12.6. The molecule has 2 aromatic rings. The number of ketones is 1. The number of likely N-dealkylation sites (tertiary alicyclic amines) is 1. The Labute approximate surface area is 157 Å². The van der Waals surface area contributed by atoms with Gasteiger partial charge in [0.2, 0.25) is 0 Å². The molecule has 1 aliphatic carbocycles. The van der Waals surface area contributed by atoms with E-state index in [1.165, 1.54) is 27.8 Å². The van der Waals surface area contributed by atoms with E-state index in [4.69, 9.17) is 9.90 Å². The monoisotopic (exact) mass is 369 g/mol. The molecular weight excluding hydrogens is 346 g/mol. The van der Waals surface area contributed by atoms with E-state index in [9.17, 15) is 4.79 Å². The lowest BCUT2D eigenvalue weighted by Gasteiger charge is -2.27. The molecule has 0 saturated carbocycles. The normalized spacial score (nSPS) is 16.9. The Morgan fingerprint density at radius 3 is 2.46 bits per heavy atom. The quantitative estimate of drug-likeness (QED) is 0.759. The molecule has 1 aromatic heterocycles. The molecule has 2 heterocycles. The summed E-state index contributed by atoms with van der Waals surface area (Å²) in [5.41, 5.74) is 6.47. The standard InChI is InChI=1S/C19H19NOS.C2H4O2/c1-20-9-6-13(7-10-20)18-15-5-3-2-4-14(15)12-17(21)19-16(18)8-11-22-19;1-2(3)4/h2-5,8,11H,6-7,9-10,12H2,1H3;1H3,(H,3,4). The van der Waals surface area contributed by atoms with Crippen molar-refractivity contribution in [3.63, 3.8) is 0 Å². The Hall–Kier alpha value is -2.24. The predicted molar refractivity (Wildman–Crippen MR) is 105 cm³/mol. The summed E-state index contributed by atoms with van der Waals surface area (Å²) in [6.45, 7) is 3.29. The number of aliphatic carboxylic acids is 1. The average Bonchev–Trinajstić information content (AvgIpc) is 3.03. The second kappa shape index (κ2) is 7.98. The number of benzene rings is 1. The van der Waals surface area contributed by atoms with Crippen LogP contribution in [0.1, 0.15) is 46.1 Å². The van der Waals surface area contributed by atoms with E-state index in [1.54, 1.807) is 11.3 Å². The van der Waals surface area contributed by atoms with Crippen LogP contribution in [-0.2, 0) is 11.2 Å². The molecule has 0 amide bonds. The molecule has 4 nitrogen and oxygen atoms in total. The fourth-order valence-corrected chi connectivity index (χ4v) is 4.40. The van der Waals surface area contributed by atoms with Crippen LogP contribution in [-0.4, -0.2) is 41.9 Å². The van der Waals surface area contributed by atoms with Crippen molar-refractivity contribution in [2.75, 3.05) is 20.1 Å². The molecule has 0 unspecified atom stereocenters. The lowest BCUT2D eigenvalue weighted by atomic mass is 9.88. The van der Waals surface area contributed by atoms with Crippen molar-refractivity contribution in [3.05, 3.63) is 62.9 Å². The summed E-state index contributed by atoms with van der Waals surface area (Å²) < 4.78 is 0. The first-order valence-corrected chi connectivity index (χ1v) is 9.64. The molecular formula is C21H23NO3S. The van der Waals surface area contributed by atoms with E-state index in [0.29, 0.717) is 6.42 Å². The zero-order valence-corrected chi connectivity index (χ0v) is 15.9. The molecule has 5 heteroatoms. The number of carboxylic acid groups (broad SMARTS) is 1. The Bertz CT molecular complexity index is 852. The molecule has 0 atom stereocenters. The average molecular weight is 369 g/mol. The molecule has 0 bridgehead atoms. The Kier molecular flexibility index (Phi) is 5.69. The van der Waals surface area contributed by atoms with Gasteiger partial charge in [-0.05, 0) is 48.0 Å². The van der Waals surface area contributed by atoms with Gasteiger partial charge in [0.15, 0.2) is 5.78 Å². The fraction of sp³-hybridized carbons (Fsp3) is 0.333. The molecule has 4 rings (SSSR count). The number of nitrogens with zero attached hydrogens (tertiary/aromatic N) is 1. The van der Waals surface area contributed by atoms with Crippen molar-refractivity contribution in [1.82, 2.24) is 4.90 Å². The lowest BCUT2D eigenvalue weighted by Crippen LogP contribution is -2.27. The van der Waals surface area contributed by atoms with Crippen LogP contribution in [0.5, 0.6) is 0 Å². The van der Waals surface area contributed by atoms with Crippen molar-refractivity contribution in [2.45, 2.75) is 26.2 Å². The van der Waals surface area contributed by atoms with Gasteiger partial charge in [-0.25, -0.2) is 0 Å². The van der Waals surface area contributed by atoms with Gasteiger partial charge in [-0.3, -0.25) is 9.59 Å². The van der Waals surface area contributed by atoms with Gasteiger partial charge in [0.25, 0.3) is 5.97 Å². The summed E-state index contributed by atoms with van der Waals surface area (Å²) in [4.78, 5) is 24.9. The Balaban J connectivity index is 0.000000447. The first-order valence-electron chi connectivity index (χ1n) is 8.76. The SMILES string of the molecule is CC(=O)O.CN1CCC(=C2c3ccccc3CC(=O)c3sccc32)CC1. The molecule has 1 fully saturated rings.